The number of fused-ring (bicyclic) bond motifs is 1. The third kappa shape index (κ3) is 2.43. The molecule has 3 unspecified atom stereocenters. The van der Waals surface area contributed by atoms with Crippen molar-refractivity contribution in [2.45, 2.75) is 51.2 Å². The summed E-state index contributed by atoms with van der Waals surface area (Å²) in [4.78, 5) is 11.7. The van der Waals surface area contributed by atoms with Crippen LogP contribution >= 0.6 is 0 Å². The normalized spacial score (nSPS) is 49.2. The van der Waals surface area contributed by atoms with Crippen LogP contribution in [0.25, 0.3) is 0 Å². The number of hydrogen-bond acceptors (Lipinski definition) is 5. The van der Waals surface area contributed by atoms with Crippen LogP contribution in [0.4, 0.5) is 0 Å². The van der Waals surface area contributed by atoms with E-state index in [0.29, 0.717) is 18.6 Å². The standard InChI is InChI=1S/C20H28O5/c1-18-8-6-16(22)19(2,11-21)14(18)5-9-20(12-25-20)15(18)4-3-13-7-10-24-17(13)23/h3-4,7,14-16,21-22H,5-6,8-12H2,1-2H3/t14?,15?,16-,18+,19+,20?/m1/s1. The molecule has 2 aliphatic carbocycles. The SMILES string of the molecule is C[C@]12CC[C@@H](O)[C@@](C)(CO)C1CCC1(CO1)C2C=CC1=CCOC1=O. The smallest absolute Gasteiger partial charge is 0.338 e. The average Bonchev–Trinajstić information content (AvgIpc) is 3.24. The van der Waals surface area contributed by atoms with Gasteiger partial charge in [-0.3, -0.25) is 0 Å². The monoisotopic (exact) mass is 348 g/mol. The van der Waals surface area contributed by atoms with Crippen LogP contribution in [-0.2, 0) is 14.3 Å². The zero-order valence-corrected chi connectivity index (χ0v) is 15.0. The van der Waals surface area contributed by atoms with E-state index in [9.17, 15) is 15.0 Å². The summed E-state index contributed by atoms with van der Waals surface area (Å²) in [7, 11) is 0. The molecule has 6 atom stereocenters. The van der Waals surface area contributed by atoms with Gasteiger partial charge in [-0.15, -0.1) is 0 Å². The number of esters is 1. The zero-order valence-electron chi connectivity index (χ0n) is 15.0. The van der Waals surface area contributed by atoms with E-state index in [2.05, 4.69) is 13.0 Å². The first-order valence-electron chi connectivity index (χ1n) is 9.34. The van der Waals surface area contributed by atoms with Gasteiger partial charge < -0.3 is 19.7 Å². The predicted molar refractivity (Wildman–Crippen MR) is 91.6 cm³/mol. The Morgan fingerprint density at radius 3 is 2.68 bits per heavy atom. The fraction of sp³-hybridized carbons (Fsp3) is 0.750. The molecule has 0 aromatic heterocycles. The van der Waals surface area contributed by atoms with Crippen molar-refractivity contribution in [1.82, 2.24) is 0 Å². The van der Waals surface area contributed by atoms with Gasteiger partial charge in [0.1, 0.15) is 6.61 Å². The highest BCUT2D eigenvalue weighted by atomic mass is 16.6. The predicted octanol–water partition coefficient (Wildman–Crippen LogP) is 1.98. The van der Waals surface area contributed by atoms with Gasteiger partial charge in [0.2, 0.25) is 0 Å². The first-order valence-corrected chi connectivity index (χ1v) is 9.34. The molecule has 5 nitrogen and oxygen atoms in total. The molecule has 3 fully saturated rings. The molecule has 4 rings (SSSR count). The van der Waals surface area contributed by atoms with Crippen molar-refractivity contribution >= 4 is 5.97 Å². The fourth-order valence-electron chi connectivity index (χ4n) is 5.85. The largest absolute Gasteiger partial charge is 0.458 e. The Bertz CT molecular complexity index is 634. The molecular formula is C20H28O5. The summed E-state index contributed by atoms with van der Waals surface area (Å²) in [5.41, 5.74) is -0.0716. The Balaban J connectivity index is 1.68. The Morgan fingerprint density at radius 2 is 2.08 bits per heavy atom. The lowest BCUT2D eigenvalue weighted by molar-refractivity contribution is -0.167. The second-order valence-electron chi connectivity index (χ2n) is 8.76. The zero-order chi connectivity index (χ0) is 17.9. The second kappa shape index (κ2) is 5.66. The molecule has 138 valence electrons. The van der Waals surface area contributed by atoms with Gasteiger partial charge in [0, 0.05) is 11.3 Å². The van der Waals surface area contributed by atoms with Crippen LogP contribution in [0.1, 0.15) is 39.5 Å². The van der Waals surface area contributed by atoms with E-state index in [4.69, 9.17) is 9.47 Å². The minimum atomic E-state index is -0.485. The number of epoxide rings is 1. The van der Waals surface area contributed by atoms with Crippen molar-refractivity contribution in [2.75, 3.05) is 19.8 Å². The molecule has 1 saturated heterocycles. The molecule has 2 N–H and O–H groups in total. The Kier molecular flexibility index (Phi) is 3.91. The molecule has 5 heteroatoms. The molecule has 2 saturated carbocycles. The maximum atomic E-state index is 11.7. The summed E-state index contributed by atoms with van der Waals surface area (Å²) in [6, 6.07) is 0. The summed E-state index contributed by atoms with van der Waals surface area (Å²) >= 11 is 0. The van der Waals surface area contributed by atoms with Crippen LogP contribution in [-0.4, -0.2) is 47.7 Å². The first kappa shape index (κ1) is 17.3. The van der Waals surface area contributed by atoms with Gasteiger partial charge in [-0.2, -0.15) is 0 Å². The molecular weight excluding hydrogens is 320 g/mol. The summed E-state index contributed by atoms with van der Waals surface area (Å²) in [6.45, 7) is 5.39. The van der Waals surface area contributed by atoms with Crippen molar-refractivity contribution in [3.05, 3.63) is 23.8 Å². The highest BCUT2D eigenvalue weighted by molar-refractivity contribution is 5.93. The summed E-state index contributed by atoms with van der Waals surface area (Å²) in [5.74, 6) is 0.132. The Hall–Kier alpha value is -1.17. The van der Waals surface area contributed by atoms with Gasteiger partial charge >= 0.3 is 5.97 Å². The van der Waals surface area contributed by atoms with Crippen LogP contribution in [0.5, 0.6) is 0 Å². The Morgan fingerprint density at radius 1 is 1.32 bits per heavy atom. The quantitative estimate of drug-likeness (QED) is 0.602. The van der Waals surface area contributed by atoms with Crippen LogP contribution in [0.3, 0.4) is 0 Å². The molecule has 4 aliphatic rings. The topological polar surface area (TPSA) is 79.3 Å². The number of hydrogen-bond donors (Lipinski definition) is 2. The Labute approximate surface area is 148 Å². The van der Waals surface area contributed by atoms with Gasteiger partial charge in [-0.25, -0.2) is 4.79 Å². The lowest BCUT2D eigenvalue weighted by atomic mass is 9.45. The number of aliphatic hydroxyl groups excluding tert-OH is 2. The number of cyclic esters (lactones) is 1. The number of ether oxygens (including phenoxy) is 2. The molecule has 0 radical (unpaired) electrons. The summed E-state index contributed by atoms with van der Waals surface area (Å²) < 4.78 is 10.9. The van der Waals surface area contributed by atoms with Crippen molar-refractivity contribution < 1.29 is 24.5 Å². The van der Waals surface area contributed by atoms with E-state index in [-0.39, 0.29) is 35.4 Å². The maximum absolute atomic E-state index is 11.7. The van der Waals surface area contributed by atoms with Gasteiger partial charge in [-0.05, 0) is 43.1 Å². The molecule has 0 aromatic rings. The van der Waals surface area contributed by atoms with E-state index >= 15 is 0 Å². The summed E-state index contributed by atoms with van der Waals surface area (Å²) in [5, 5.41) is 20.6. The number of aliphatic hydroxyl groups is 2. The van der Waals surface area contributed by atoms with Crippen molar-refractivity contribution in [3.8, 4) is 0 Å². The number of rotatable bonds is 3. The van der Waals surface area contributed by atoms with Crippen LogP contribution in [0.2, 0.25) is 0 Å². The number of carbonyl (C=O) groups is 1. The maximum Gasteiger partial charge on any atom is 0.338 e. The van der Waals surface area contributed by atoms with Gasteiger partial charge in [0.25, 0.3) is 0 Å². The third-order valence-corrected chi connectivity index (χ3v) is 7.52. The summed E-state index contributed by atoms with van der Waals surface area (Å²) in [6.07, 6.45) is 8.85. The van der Waals surface area contributed by atoms with Crippen molar-refractivity contribution in [1.29, 1.82) is 0 Å². The molecule has 1 spiro atoms. The first-order chi connectivity index (χ1) is 11.9. The molecule has 25 heavy (non-hydrogen) atoms. The molecule has 0 bridgehead atoms. The van der Waals surface area contributed by atoms with E-state index in [1.165, 1.54) is 0 Å². The molecule has 0 aromatic carbocycles. The van der Waals surface area contributed by atoms with Gasteiger partial charge in [0.05, 0.1) is 30.5 Å². The second-order valence-corrected chi connectivity index (χ2v) is 8.76. The van der Waals surface area contributed by atoms with Crippen LogP contribution in [0, 0.1) is 22.7 Å². The minimum absolute atomic E-state index is 0.00378. The van der Waals surface area contributed by atoms with Gasteiger partial charge in [0.15, 0.2) is 0 Å². The number of carbonyl (C=O) groups excluding carboxylic acids is 1. The van der Waals surface area contributed by atoms with E-state index in [1.807, 2.05) is 19.1 Å². The fourth-order valence-corrected chi connectivity index (χ4v) is 5.85. The molecule has 0 amide bonds. The van der Waals surface area contributed by atoms with E-state index in [1.54, 1.807) is 0 Å². The highest BCUT2D eigenvalue weighted by Gasteiger charge is 2.66. The van der Waals surface area contributed by atoms with Gasteiger partial charge in [-0.1, -0.05) is 26.0 Å². The van der Waals surface area contributed by atoms with Crippen LogP contribution in [0.15, 0.2) is 23.8 Å². The van der Waals surface area contributed by atoms with Crippen LogP contribution < -0.4 is 0 Å². The highest BCUT2D eigenvalue weighted by Crippen LogP contribution is 2.65. The van der Waals surface area contributed by atoms with E-state index in [0.717, 1.165) is 25.9 Å². The van der Waals surface area contributed by atoms with E-state index < -0.39 is 11.5 Å². The lowest BCUT2D eigenvalue weighted by Crippen LogP contribution is -2.60. The third-order valence-electron chi connectivity index (χ3n) is 7.52. The molecule has 2 heterocycles. The average molecular weight is 348 g/mol. The minimum Gasteiger partial charge on any atom is -0.458 e. The lowest BCUT2D eigenvalue weighted by Gasteiger charge is -2.60. The van der Waals surface area contributed by atoms with Crippen molar-refractivity contribution in [2.24, 2.45) is 22.7 Å². The molecule has 2 aliphatic heterocycles. The van der Waals surface area contributed by atoms with Crippen molar-refractivity contribution in [3.63, 3.8) is 0 Å².